The molecular weight excluding hydrogens is 266 g/mol. The Morgan fingerprint density at radius 2 is 2.00 bits per heavy atom. The number of fused-ring (bicyclic) bond motifs is 2. The van der Waals surface area contributed by atoms with Crippen molar-refractivity contribution in [3.05, 3.63) is 51.1 Å². The third-order valence-electron chi connectivity index (χ3n) is 2.99. The van der Waals surface area contributed by atoms with Crippen LogP contribution in [0.25, 0.3) is 20.2 Å². The summed E-state index contributed by atoms with van der Waals surface area (Å²) in [6.07, 6.45) is 0. The minimum absolute atomic E-state index is 0.0419. The van der Waals surface area contributed by atoms with E-state index in [1.807, 2.05) is 25.1 Å². The number of anilines is 1. The second kappa shape index (κ2) is 3.97. The van der Waals surface area contributed by atoms with Crippen molar-refractivity contribution >= 4 is 48.8 Å². The summed E-state index contributed by atoms with van der Waals surface area (Å²) in [5.74, 6) is 0. The van der Waals surface area contributed by atoms with Gasteiger partial charge in [0.15, 0.2) is 5.43 Å². The fourth-order valence-corrected chi connectivity index (χ4v) is 3.52. The number of hydrogen-bond donors (Lipinski definition) is 1. The van der Waals surface area contributed by atoms with E-state index in [0.29, 0.717) is 21.5 Å². The molecular formula is C14H10ClNOS. The summed E-state index contributed by atoms with van der Waals surface area (Å²) in [5.41, 5.74) is 7.35. The zero-order valence-electron chi connectivity index (χ0n) is 9.66. The molecule has 2 aromatic carbocycles. The fraction of sp³-hybridized carbons (Fsp3) is 0.0714. The number of rotatable bonds is 0. The van der Waals surface area contributed by atoms with E-state index in [2.05, 4.69) is 0 Å². The standard InChI is InChI=1S/C14H10ClNOS/c1-7-2-4-10(15)12-13(17)9-6-8(16)3-5-11(9)18-14(7)12/h2-6H,16H2,1H3. The van der Waals surface area contributed by atoms with Crippen molar-refractivity contribution in [1.29, 1.82) is 0 Å². The quantitative estimate of drug-likeness (QED) is 0.498. The minimum Gasteiger partial charge on any atom is -0.399 e. The number of benzene rings is 2. The Bertz CT molecular complexity index is 838. The largest absolute Gasteiger partial charge is 0.399 e. The van der Waals surface area contributed by atoms with Gasteiger partial charge in [-0.05, 0) is 36.8 Å². The van der Waals surface area contributed by atoms with Crippen LogP contribution in [0.3, 0.4) is 0 Å². The van der Waals surface area contributed by atoms with Gasteiger partial charge in [0.2, 0.25) is 0 Å². The van der Waals surface area contributed by atoms with Crippen molar-refractivity contribution in [2.24, 2.45) is 0 Å². The summed E-state index contributed by atoms with van der Waals surface area (Å²) in [6.45, 7) is 1.98. The molecule has 4 heteroatoms. The molecule has 0 spiro atoms. The molecule has 1 aromatic heterocycles. The first-order valence-corrected chi connectivity index (χ1v) is 6.68. The lowest BCUT2D eigenvalue weighted by molar-refractivity contribution is 1.55. The van der Waals surface area contributed by atoms with Crippen LogP contribution in [0.5, 0.6) is 0 Å². The molecule has 0 saturated carbocycles. The van der Waals surface area contributed by atoms with Crippen molar-refractivity contribution in [1.82, 2.24) is 0 Å². The van der Waals surface area contributed by atoms with Crippen LogP contribution in [0.4, 0.5) is 5.69 Å². The molecule has 1 heterocycles. The van der Waals surface area contributed by atoms with Crippen LogP contribution in [0.2, 0.25) is 5.02 Å². The van der Waals surface area contributed by atoms with Gasteiger partial charge in [-0.25, -0.2) is 0 Å². The Kier molecular flexibility index (Phi) is 2.54. The summed E-state index contributed by atoms with van der Waals surface area (Å²) < 4.78 is 1.89. The first-order chi connectivity index (χ1) is 8.58. The molecule has 0 bridgehead atoms. The summed E-state index contributed by atoms with van der Waals surface area (Å²) >= 11 is 7.72. The van der Waals surface area contributed by atoms with Gasteiger partial charge in [0.1, 0.15) is 0 Å². The van der Waals surface area contributed by atoms with Crippen molar-refractivity contribution in [2.45, 2.75) is 6.92 Å². The van der Waals surface area contributed by atoms with E-state index >= 15 is 0 Å². The molecule has 0 unspecified atom stereocenters. The molecule has 0 saturated heterocycles. The van der Waals surface area contributed by atoms with E-state index < -0.39 is 0 Å². The highest BCUT2D eigenvalue weighted by Crippen LogP contribution is 2.31. The normalized spacial score (nSPS) is 11.2. The number of nitrogens with two attached hydrogens (primary N) is 1. The average Bonchev–Trinajstić information content (AvgIpc) is 2.35. The van der Waals surface area contributed by atoms with Crippen molar-refractivity contribution in [3.63, 3.8) is 0 Å². The molecule has 0 aliphatic heterocycles. The Morgan fingerprint density at radius 1 is 1.22 bits per heavy atom. The van der Waals surface area contributed by atoms with Gasteiger partial charge >= 0.3 is 0 Å². The van der Waals surface area contributed by atoms with Crippen molar-refractivity contribution in [2.75, 3.05) is 5.73 Å². The maximum absolute atomic E-state index is 12.5. The van der Waals surface area contributed by atoms with Crippen LogP contribution in [-0.4, -0.2) is 0 Å². The Morgan fingerprint density at radius 3 is 2.78 bits per heavy atom. The van der Waals surface area contributed by atoms with Gasteiger partial charge in [-0.15, -0.1) is 11.3 Å². The number of halogens is 1. The topological polar surface area (TPSA) is 43.1 Å². The first kappa shape index (κ1) is 11.5. The van der Waals surface area contributed by atoms with Crippen LogP contribution in [0.1, 0.15) is 5.56 Å². The lowest BCUT2D eigenvalue weighted by atomic mass is 10.1. The number of nitrogen functional groups attached to an aromatic ring is 1. The maximum atomic E-state index is 12.5. The Hall–Kier alpha value is -1.58. The van der Waals surface area contributed by atoms with Crippen LogP contribution in [0, 0.1) is 6.92 Å². The fourth-order valence-electron chi connectivity index (χ4n) is 2.06. The zero-order valence-corrected chi connectivity index (χ0v) is 11.2. The third-order valence-corrected chi connectivity index (χ3v) is 4.61. The molecule has 0 fully saturated rings. The number of aryl methyl sites for hydroxylation is 1. The van der Waals surface area contributed by atoms with E-state index in [-0.39, 0.29) is 5.43 Å². The summed E-state index contributed by atoms with van der Waals surface area (Å²) in [5, 5.41) is 1.74. The molecule has 0 atom stereocenters. The molecule has 0 radical (unpaired) electrons. The Labute approximate surface area is 113 Å². The molecule has 2 nitrogen and oxygen atoms in total. The molecule has 90 valence electrons. The van der Waals surface area contributed by atoms with Crippen molar-refractivity contribution < 1.29 is 0 Å². The van der Waals surface area contributed by atoms with Crippen LogP contribution < -0.4 is 11.2 Å². The summed E-state index contributed by atoms with van der Waals surface area (Å²) in [7, 11) is 0. The highest BCUT2D eigenvalue weighted by atomic mass is 35.5. The van der Waals surface area contributed by atoms with Gasteiger partial charge in [-0.1, -0.05) is 17.7 Å². The van der Waals surface area contributed by atoms with Crippen LogP contribution in [-0.2, 0) is 0 Å². The van der Waals surface area contributed by atoms with Gasteiger partial charge in [0.05, 0.1) is 10.4 Å². The smallest absolute Gasteiger partial charge is 0.197 e. The zero-order chi connectivity index (χ0) is 12.9. The second-order valence-corrected chi connectivity index (χ2v) is 5.71. The van der Waals surface area contributed by atoms with Crippen LogP contribution >= 0.6 is 22.9 Å². The maximum Gasteiger partial charge on any atom is 0.197 e. The van der Waals surface area contributed by atoms with Crippen molar-refractivity contribution in [3.8, 4) is 0 Å². The predicted octanol–water partition coefficient (Wildman–Crippen LogP) is 3.96. The van der Waals surface area contributed by atoms with E-state index in [9.17, 15) is 4.79 Å². The summed E-state index contributed by atoms with van der Waals surface area (Å²) in [4.78, 5) is 12.5. The lowest BCUT2D eigenvalue weighted by Gasteiger charge is -2.05. The molecule has 0 aliphatic rings. The number of hydrogen-bond acceptors (Lipinski definition) is 3. The monoisotopic (exact) mass is 275 g/mol. The molecule has 3 rings (SSSR count). The lowest BCUT2D eigenvalue weighted by Crippen LogP contribution is -2.03. The van der Waals surface area contributed by atoms with E-state index in [1.54, 1.807) is 23.5 Å². The second-order valence-electron chi connectivity index (χ2n) is 4.26. The average molecular weight is 276 g/mol. The first-order valence-electron chi connectivity index (χ1n) is 5.49. The van der Waals surface area contributed by atoms with Crippen LogP contribution in [0.15, 0.2) is 35.1 Å². The SMILES string of the molecule is Cc1ccc(Cl)c2c(=O)c3cc(N)ccc3sc12. The van der Waals surface area contributed by atoms with E-state index in [0.717, 1.165) is 15.0 Å². The molecule has 18 heavy (non-hydrogen) atoms. The molecule has 3 aromatic rings. The summed E-state index contributed by atoms with van der Waals surface area (Å²) in [6, 6.07) is 9.11. The van der Waals surface area contributed by atoms with E-state index in [4.69, 9.17) is 17.3 Å². The van der Waals surface area contributed by atoms with Gasteiger partial charge in [-0.3, -0.25) is 4.79 Å². The third kappa shape index (κ3) is 1.59. The molecule has 2 N–H and O–H groups in total. The minimum atomic E-state index is -0.0419. The van der Waals surface area contributed by atoms with Gasteiger partial charge < -0.3 is 5.73 Å². The molecule has 0 amide bonds. The highest BCUT2D eigenvalue weighted by Gasteiger charge is 2.11. The van der Waals surface area contributed by atoms with Gasteiger partial charge in [-0.2, -0.15) is 0 Å². The van der Waals surface area contributed by atoms with E-state index in [1.165, 1.54) is 0 Å². The van der Waals surface area contributed by atoms with Gasteiger partial charge in [0, 0.05) is 20.5 Å². The molecule has 0 aliphatic carbocycles. The van der Waals surface area contributed by atoms with Gasteiger partial charge in [0.25, 0.3) is 0 Å². The highest BCUT2D eigenvalue weighted by molar-refractivity contribution is 7.24. The predicted molar refractivity (Wildman–Crippen MR) is 79.8 cm³/mol. The Balaban J connectivity index is 2.65.